The molecule has 7 heteroatoms. The van der Waals surface area contributed by atoms with Crippen LogP contribution in [0.4, 0.5) is 8.78 Å². The van der Waals surface area contributed by atoms with Crippen molar-refractivity contribution < 1.29 is 13.5 Å². The molecule has 0 bridgehead atoms. The van der Waals surface area contributed by atoms with Gasteiger partial charge in [0.25, 0.3) is 0 Å². The highest BCUT2D eigenvalue weighted by Gasteiger charge is 2.18. The van der Waals surface area contributed by atoms with Crippen molar-refractivity contribution in [3.63, 3.8) is 0 Å². The first kappa shape index (κ1) is 12.9. The number of ether oxygens (including phenoxy) is 1. The highest BCUT2D eigenvalue weighted by molar-refractivity contribution is 9.10. The van der Waals surface area contributed by atoms with E-state index in [1.54, 1.807) is 6.92 Å². The zero-order valence-corrected chi connectivity index (χ0v) is 11.3. The van der Waals surface area contributed by atoms with Gasteiger partial charge in [-0.05, 0) is 28.9 Å². The van der Waals surface area contributed by atoms with Crippen LogP contribution in [0.5, 0.6) is 5.88 Å². The lowest BCUT2D eigenvalue weighted by atomic mass is 10.1. The fourth-order valence-electron chi connectivity index (χ4n) is 1.60. The molecule has 0 radical (unpaired) electrons. The topological polar surface area (TPSA) is 39.9 Å². The summed E-state index contributed by atoms with van der Waals surface area (Å²) in [5.41, 5.74) is 0.493. The molecule has 0 aliphatic rings. The summed E-state index contributed by atoms with van der Waals surface area (Å²) < 4.78 is 33.1. The summed E-state index contributed by atoms with van der Waals surface area (Å²) in [4.78, 5) is 3.83. The van der Waals surface area contributed by atoms with Crippen molar-refractivity contribution in [2.75, 3.05) is 7.11 Å². The summed E-state index contributed by atoms with van der Waals surface area (Å²) in [6.07, 6.45) is 2.54. The SMILES string of the molecule is COc1ncc(F)cc1[C@H](C)n1cc(Br)c(F)n1. The van der Waals surface area contributed by atoms with Gasteiger partial charge in [-0.15, -0.1) is 5.10 Å². The third-order valence-corrected chi connectivity index (χ3v) is 3.06. The third-order valence-electron chi connectivity index (χ3n) is 2.53. The molecule has 18 heavy (non-hydrogen) atoms. The molecule has 2 aromatic heterocycles. The van der Waals surface area contributed by atoms with Crippen molar-refractivity contribution in [2.45, 2.75) is 13.0 Å². The number of methoxy groups -OCH3 is 1. The van der Waals surface area contributed by atoms with Crippen LogP contribution in [0.3, 0.4) is 0 Å². The molecule has 0 aromatic carbocycles. The van der Waals surface area contributed by atoms with Gasteiger partial charge in [0.15, 0.2) is 0 Å². The van der Waals surface area contributed by atoms with Crippen LogP contribution in [0, 0.1) is 11.8 Å². The van der Waals surface area contributed by atoms with Gasteiger partial charge in [0.2, 0.25) is 11.8 Å². The monoisotopic (exact) mass is 317 g/mol. The predicted molar refractivity (Wildman–Crippen MR) is 64.4 cm³/mol. The lowest BCUT2D eigenvalue weighted by molar-refractivity contribution is 0.379. The molecule has 4 nitrogen and oxygen atoms in total. The van der Waals surface area contributed by atoms with E-state index in [0.29, 0.717) is 5.56 Å². The summed E-state index contributed by atoms with van der Waals surface area (Å²) >= 11 is 3.03. The number of aromatic nitrogens is 3. The molecule has 96 valence electrons. The van der Waals surface area contributed by atoms with E-state index in [-0.39, 0.29) is 10.4 Å². The Kier molecular flexibility index (Phi) is 3.60. The van der Waals surface area contributed by atoms with Crippen LogP contribution in [0.1, 0.15) is 18.5 Å². The molecule has 2 rings (SSSR count). The van der Waals surface area contributed by atoms with E-state index >= 15 is 0 Å². The van der Waals surface area contributed by atoms with Crippen LogP contribution in [0.15, 0.2) is 22.9 Å². The predicted octanol–water partition coefficient (Wildman–Crippen LogP) is 2.94. The van der Waals surface area contributed by atoms with Crippen molar-refractivity contribution in [1.29, 1.82) is 0 Å². The minimum absolute atomic E-state index is 0.248. The molecule has 0 saturated carbocycles. The van der Waals surface area contributed by atoms with Crippen molar-refractivity contribution in [3.8, 4) is 5.88 Å². The van der Waals surface area contributed by atoms with Crippen LogP contribution in [0.2, 0.25) is 0 Å². The summed E-state index contributed by atoms with van der Waals surface area (Å²) in [6, 6.07) is 0.897. The van der Waals surface area contributed by atoms with Crippen LogP contribution in [-0.2, 0) is 0 Å². The number of rotatable bonds is 3. The lowest BCUT2D eigenvalue weighted by Crippen LogP contribution is -2.10. The van der Waals surface area contributed by atoms with Gasteiger partial charge in [0.1, 0.15) is 5.82 Å². The van der Waals surface area contributed by atoms with E-state index in [2.05, 4.69) is 26.0 Å². The highest BCUT2D eigenvalue weighted by atomic mass is 79.9. The first-order valence-electron chi connectivity index (χ1n) is 5.12. The zero-order valence-electron chi connectivity index (χ0n) is 9.69. The minimum Gasteiger partial charge on any atom is -0.481 e. The third kappa shape index (κ3) is 2.35. The van der Waals surface area contributed by atoms with Gasteiger partial charge >= 0.3 is 0 Å². The van der Waals surface area contributed by atoms with Gasteiger partial charge in [-0.3, -0.25) is 4.68 Å². The summed E-state index contributed by atoms with van der Waals surface area (Å²) in [6.45, 7) is 1.75. The molecule has 0 aliphatic carbocycles. The number of hydrogen-bond acceptors (Lipinski definition) is 3. The fraction of sp³-hybridized carbons (Fsp3) is 0.273. The van der Waals surface area contributed by atoms with E-state index in [4.69, 9.17) is 4.74 Å². The first-order chi connectivity index (χ1) is 8.52. The van der Waals surface area contributed by atoms with E-state index < -0.39 is 17.8 Å². The first-order valence-corrected chi connectivity index (χ1v) is 5.91. The number of pyridine rings is 1. The number of hydrogen-bond donors (Lipinski definition) is 0. The molecular formula is C11H10BrF2N3O. The Morgan fingerprint density at radius 2 is 2.17 bits per heavy atom. The smallest absolute Gasteiger partial charge is 0.246 e. The van der Waals surface area contributed by atoms with Crippen LogP contribution < -0.4 is 4.74 Å². The molecular weight excluding hydrogens is 308 g/mol. The molecule has 0 aliphatic heterocycles. The maximum absolute atomic E-state index is 13.2. The van der Waals surface area contributed by atoms with Crippen molar-refractivity contribution in [1.82, 2.24) is 14.8 Å². The van der Waals surface area contributed by atoms with Gasteiger partial charge in [-0.25, -0.2) is 9.37 Å². The average Bonchev–Trinajstić information content (AvgIpc) is 2.68. The molecule has 1 atom stereocenters. The van der Waals surface area contributed by atoms with Gasteiger partial charge in [0, 0.05) is 11.8 Å². The summed E-state index contributed by atoms with van der Waals surface area (Å²) in [5.74, 6) is -0.814. The maximum Gasteiger partial charge on any atom is 0.246 e. The second kappa shape index (κ2) is 5.01. The summed E-state index contributed by atoms with van der Waals surface area (Å²) in [7, 11) is 1.44. The van der Waals surface area contributed by atoms with Crippen LogP contribution in [-0.4, -0.2) is 21.9 Å². The molecule has 0 unspecified atom stereocenters. The van der Waals surface area contributed by atoms with Gasteiger partial charge in [-0.2, -0.15) is 4.39 Å². The Morgan fingerprint density at radius 1 is 1.44 bits per heavy atom. The Labute approximate surface area is 111 Å². The van der Waals surface area contributed by atoms with E-state index in [0.717, 1.165) is 6.20 Å². The van der Waals surface area contributed by atoms with Crippen LogP contribution >= 0.6 is 15.9 Å². The standard InChI is InChI=1S/C11H10BrF2N3O/c1-6(17-5-9(12)10(14)16-17)8-3-7(13)4-15-11(8)18-2/h3-6H,1-2H3/t6-/m0/s1. The zero-order chi connectivity index (χ0) is 13.3. The van der Waals surface area contributed by atoms with Gasteiger partial charge in [0.05, 0.1) is 23.8 Å². The van der Waals surface area contributed by atoms with Gasteiger partial charge < -0.3 is 4.74 Å². The van der Waals surface area contributed by atoms with Crippen LogP contribution in [0.25, 0.3) is 0 Å². The van der Waals surface area contributed by atoms with Crippen molar-refractivity contribution in [3.05, 3.63) is 40.3 Å². The minimum atomic E-state index is -0.620. The highest BCUT2D eigenvalue weighted by Crippen LogP contribution is 2.27. The van der Waals surface area contributed by atoms with E-state index in [1.165, 1.54) is 24.1 Å². The molecule has 0 N–H and O–H groups in total. The molecule has 0 amide bonds. The van der Waals surface area contributed by atoms with Gasteiger partial charge in [-0.1, -0.05) is 0 Å². The Balaban J connectivity index is 2.44. The number of halogens is 3. The molecule has 2 aromatic rings. The van der Waals surface area contributed by atoms with Crippen molar-refractivity contribution >= 4 is 15.9 Å². The normalized spacial score (nSPS) is 12.5. The molecule has 0 fully saturated rings. The second-order valence-electron chi connectivity index (χ2n) is 3.68. The average molecular weight is 318 g/mol. The van der Waals surface area contributed by atoms with E-state index in [9.17, 15) is 8.78 Å². The molecule has 2 heterocycles. The molecule has 0 saturated heterocycles. The quantitative estimate of drug-likeness (QED) is 0.873. The second-order valence-corrected chi connectivity index (χ2v) is 4.53. The molecule has 0 spiro atoms. The Morgan fingerprint density at radius 3 is 2.72 bits per heavy atom. The number of nitrogens with zero attached hydrogens (tertiary/aromatic N) is 3. The lowest BCUT2D eigenvalue weighted by Gasteiger charge is -2.15. The summed E-state index contributed by atoms with van der Waals surface area (Å²) in [5, 5.41) is 3.69. The fourth-order valence-corrected chi connectivity index (χ4v) is 1.89. The maximum atomic E-state index is 13.2. The van der Waals surface area contributed by atoms with Crippen molar-refractivity contribution in [2.24, 2.45) is 0 Å². The Hall–Kier alpha value is -1.50. The largest absolute Gasteiger partial charge is 0.481 e. The Bertz CT molecular complexity index is 554. The van der Waals surface area contributed by atoms with E-state index in [1.807, 2.05) is 0 Å².